The summed E-state index contributed by atoms with van der Waals surface area (Å²) in [5.41, 5.74) is 0. The van der Waals surface area contributed by atoms with Crippen molar-refractivity contribution in [3.8, 4) is 0 Å². The quantitative estimate of drug-likeness (QED) is 0.518. The van der Waals surface area contributed by atoms with Crippen LogP contribution in [0.2, 0.25) is 0 Å². The molecule has 8 heteroatoms. The van der Waals surface area contributed by atoms with Crippen LogP contribution in [0, 0.1) is 0 Å². The Kier molecular flexibility index (Phi) is 2.78. The highest BCUT2D eigenvalue weighted by Gasteiger charge is 2.49. The number of fused-ring (bicyclic) bond motifs is 1. The Morgan fingerprint density at radius 3 is 2.71 bits per heavy atom. The molecule has 0 saturated carbocycles. The van der Waals surface area contributed by atoms with Gasteiger partial charge in [0, 0.05) is 0 Å². The summed E-state index contributed by atoms with van der Waals surface area (Å²) in [6.45, 7) is 1.84. The summed E-state index contributed by atoms with van der Waals surface area (Å²) in [7, 11) is 0. The molecule has 2 aliphatic rings. The Morgan fingerprint density at radius 2 is 2.12 bits per heavy atom. The van der Waals surface area contributed by atoms with Gasteiger partial charge >= 0.3 is 18.0 Å². The number of carbonyl (C=O) groups is 3. The van der Waals surface area contributed by atoms with Gasteiger partial charge in [-0.05, 0) is 6.42 Å². The maximum atomic E-state index is 11.7. The van der Waals surface area contributed by atoms with E-state index < -0.39 is 36.4 Å². The van der Waals surface area contributed by atoms with Crippen LogP contribution >= 0.6 is 0 Å². The van der Waals surface area contributed by atoms with Crippen molar-refractivity contribution >= 4 is 18.0 Å². The monoisotopic (exact) mass is 242 g/mol. The van der Waals surface area contributed by atoms with Gasteiger partial charge in [0.25, 0.3) is 0 Å². The largest absolute Gasteiger partial charge is 0.480 e. The summed E-state index contributed by atoms with van der Waals surface area (Å²) in [6.07, 6.45) is -0.210. The predicted octanol–water partition coefficient (Wildman–Crippen LogP) is -0.770. The molecule has 3 atom stereocenters. The minimum atomic E-state index is -1.07. The highest BCUT2D eigenvalue weighted by atomic mass is 16.4. The van der Waals surface area contributed by atoms with E-state index in [2.05, 4.69) is 16.0 Å². The van der Waals surface area contributed by atoms with E-state index in [9.17, 15) is 14.4 Å². The second-order valence-electron chi connectivity index (χ2n) is 4.04. The lowest BCUT2D eigenvalue weighted by Crippen LogP contribution is -2.52. The number of aliphatic carboxylic acids is 1. The molecule has 0 unspecified atom stereocenters. The highest BCUT2D eigenvalue weighted by molar-refractivity contribution is 5.88. The first-order chi connectivity index (χ1) is 8.04. The van der Waals surface area contributed by atoms with E-state index in [1.807, 2.05) is 6.92 Å². The lowest BCUT2D eigenvalue weighted by molar-refractivity contribution is -0.143. The number of nitrogens with zero attached hydrogens (tertiary/aromatic N) is 1. The number of hydrogen-bond acceptors (Lipinski definition) is 3. The fourth-order valence-electron chi connectivity index (χ4n) is 2.15. The van der Waals surface area contributed by atoms with Crippen molar-refractivity contribution in [1.29, 1.82) is 0 Å². The van der Waals surface area contributed by atoms with Crippen molar-refractivity contribution < 1.29 is 19.5 Å². The van der Waals surface area contributed by atoms with Crippen LogP contribution < -0.4 is 16.0 Å². The second-order valence-corrected chi connectivity index (χ2v) is 4.04. The molecule has 2 rings (SSSR count). The highest BCUT2D eigenvalue weighted by Crippen LogP contribution is 2.20. The van der Waals surface area contributed by atoms with Crippen molar-refractivity contribution in [3.05, 3.63) is 0 Å². The number of urea groups is 2. The molecule has 0 aromatic heterocycles. The van der Waals surface area contributed by atoms with Crippen LogP contribution in [0.4, 0.5) is 9.59 Å². The van der Waals surface area contributed by atoms with Crippen LogP contribution in [-0.4, -0.2) is 46.4 Å². The molecular formula is C9H14N4O4. The first-order valence-electron chi connectivity index (χ1n) is 5.43. The van der Waals surface area contributed by atoms with E-state index in [-0.39, 0.29) is 0 Å². The molecule has 0 spiro atoms. The van der Waals surface area contributed by atoms with Crippen LogP contribution in [0.3, 0.4) is 0 Å². The van der Waals surface area contributed by atoms with Gasteiger partial charge in [-0.3, -0.25) is 4.90 Å². The van der Waals surface area contributed by atoms with Gasteiger partial charge in [0.2, 0.25) is 0 Å². The third-order valence-corrected chi connectivity index (χ3v) is 2.88. The lowest BCUT2D eigenvalue weighted by Gasteiger charge is -2.27. The minimum Gasteiger partial charge on any atom is -0.480 e. The molecular weight excluding hydrogens is 228 g/mol. The molecule has 4 amide bonds. The number of nitrogens with one attached hydrogen (secondary N) is 3. The van der Waals surface area contributed by atoms with Crippen LogP contribution in [0.15, 0.2) is 0 Å². The smallest absolute Gasteiger partial charge is 0.326 e. The fourth-order valence-corrected chi connectivity index (χ4v) is 2.15. The van der Waals surface area contributed by atoms with Crippen LogP contribution in [-0.2, 0) is 4.79 Å². The van der Waals surface area contributed by atoms with Gasteiger partial charge < -0.3 is 21.1 Å². The summed E-state index contributed by atoms with van der Waals surface area (Å²) in [5, 5.41) is 16.6. The summed E-state index contributed by atoms with van der Waals surface area (Å²) in [5.74, 6) is -1.07. The van der Waals surface area contributed by atoms with Crippen molar-refractivity contribution in [1.82, 2.24) is 20.9 Å². The summed E-state index contributed by atoms with van der Waals surface area (Å²) in [4.78, 5) is 35.1. The molecule has 94 valence electrons. The fraction of sp³-hybridized carbons (Fsp3) is 0.667. The van der Waals surface area contributed by atoms with Crippen LogP contribution in [0.25, 0.3) is 0 Å². The normalized spacial score (nSPS) is 28.2. The van der Waals surface area contributed by atoms with Crippen molar-refractivity contribution in [2.24, 2.45) is 0 Å². The molecule has 4 N–H and O–H groups in total. The number of rotatable bonds is 4. The summed E-state index contributed by atoms with van der Waals surface area (Å²) in [6, 6.07) is -1.81. The molecule has 8 nitrogen and oxygen atoms in total. The summed E-state index contributed by atoms with van der Waals surface area (Å²) >= 11 is 0. The molecule has 17 heavy (non-hydrogen) atoms. The van der Waals surface area contributed by atoms with Crippen LogP contribution in [0.1, 0.15) is 19.8 Å². The third kappa shape index (κ3) is 1.85. The van der Waals surface area contributed by atoms with Gasteiger partial charge in [0.05, 0.1) is 0 Å². The maximum Gasteiger partial charge on any atom is 0.326 e. The van der Waals surface area contributed by atoms with Gasteiger partial charge in [0.1, 0.15) is 18.4 Å². The molecule has 0 radical (unpaired) electrons. The van der Waals surface area contributed by atoms with Crippen molar-refractivity contribution in [3.63, 3.8) is 0 Å². The Morgan fingerprint density at radius 1 is 1.41 bits per heavy atom. The SMILES string of the molecule is CCC[C@@H](C(=O)O)N1C(=O)N[C@H]2NC(=O)N[C@@H]21. The number of amides is 4. The third-order valence-electron chi connectivity index (χ3n) is 2.88. The topological polar surface area (TPSA) is 111 Å². The molecule has 2 heterocycles. The Hall–Kier alpha value is -1.99. The van der Waals surface area contributed by atoms with Gasteiger partial charge in [-0.15, -0.1) is 0 Å². The van der Waals surface area contributed by atoms with Gasteiger partial charge in [0.15, 0.2) is 0 Å². The lowest BCUT2D eigenvalue weighted by atomic mass is 10.1. The average Bonchev–Trinajstić information content (AvgIpc) is 2.70. The number of carboxylic acid groups (broad SMARTS) is 1. The van der Waals surface area contributed by atoms with E-state index in [1.54, 1.807) is 0 Å². The van der Waals surface area contributed by atoms with Crippen LogP contribution in [0.5, 0.6) is 0 Å². The first-order valence-corrected chi connectivity index (χ1v) is 5.43. The Balaban J connectivity index is 2.20. The van der Waals surface area contributed by atoms with E-state index in [4.69, 9.17) is 5.11 Å². The molecule has 0 aromatic rings. The van der Waals surface area contributed by atoms with Gasteiger partial charge in [-0.25, -0.2) is 14.4 Å². The van der Waals surface area contributed by atoms with Gasteiger partial charge in [-0.1, -0.05) is 13.3 Å². The van der Waals surface area contributed by atoms with Gasteiger partial charge in [-0.2, -0.15) is 0 Å². The second kappa shape index (κ2) is 4.11. The zero-order valence-corrected chi connectivity index (χ0v) is 9.27. The number of hydrogen-bond donors (Lipinski definition) is 4. The maximum absolute atomic E-state index is 11.7. The standard InChI is InChI=1S/C9H14N4O4/c1-2-3-4(7(14)15)13-6-5(11-9(13)17)10-8(16)12-6/h4-6H,2-3H2,1H3,(H,11,17)(H,14,15)(H2,10,12,16)/t4-,5+,6+/m0/s1. The number of carboxylic acids is 1. The zero-order valence-electron chi connectivity index (χ0n) is 9.27. The minimum absolute atomic E-state index is 0.349. The van der Waals surface area contributed by atoms with E-state index in [1.165, 1.54) is 4.90 Å². The molecule has 0 aromatic carbocycles. The first kappa shape index (κ1) is 11.5. The van der Waals surface area contributed by atoms with E-state index >= 15 is 0 Å². The molecule has 2 fully saturated rings. The Bertz CT molecular complexity index is 372. The molecule has 2 saturated heterocycles. The van der Waals surface area contributed by atoms with Crippen molar-refractivity contribution in [2.75, 3.05) is 0 Å². The molecule has 2 aliphatic heterocycles. The average molecular weight is 242 g/mol. The molecule has 0 aliphatic carbocycles. The molecule has 0 bridgehead atoms. The predicted molar refractivity (Wildman–Crippen MR) is 55.9 cm³/mol. The Labute approximate surface area is 97.3 Å². The zero-order chi connectivity index (χ0) is 12.6. The van der Waals surface area contributed by atoms with E-state index in [0.717, 1.165) is 0 Å². The van der Waals surface area contributed by atoms with Crippen molar-refractivity contribution in [2.45, 2.75) is 38.1 Å². The summed E-state index contributed by atoms with van der Waals surface area (Å²) < 4.78 is 0. The van der Waals surface area contributed by atoms with E-state index in [0.29, 0.717) is 12.8 Å². The number of carbonyl (C=O) groups excluding carboxylic acids is 2.